The molecule has 0 aromatic carbocycles. The molecule has 1 spiro atoms. The summed E-state index contributed by atoms with van der Waals surface area (Å²) in [5.74, 6) is 0.343. The van der Waals surface area contributed by atoms with Crippen LogP contribution < -0.4 is 10.6 Å². The van der Waals surface area contributed by atoms with Crippen molar-refractivity contribution in [2.45, 2.75) is 58.2 Å². The number of carbonyl (C=O) groups excluding carboxylic acids is 1. The van der Waals surface area contributed by atoms with E-state index in [1.165, 1.54) is 19.3 Å². The number of hydrogen-bond acceptors (Lipinski definition) is 3. The van der Waals surface area contributed by atoms with E-state index in [0.29, 0.717) is 18.6 Å². The maximum atomic E-state index is 12.2. The molecule has 128 valence electrons. The fourth-order valence-electron chi connectivity index (χ4n) is 3.91. The molecule has 3 rings (SSSR count). The molecule has 6 nitrogen and oxygen atoms in total. The first-order valence-electron chi connectivity index (χ1n) is 8.77. The Balaban J connectivity index is 1.40. The molecule has 1 heterocycles. The summed E-state index contributed by atoms with van der Waals surface area (Å²) in [6.45, 7) is 6.38. The first-order valence-corrected chi connectivity index (χ1v) is 8.77. The Morgan fingerprint density at radius 3 is 2.96 bits per heavy atom. The minimum Gasteiger partial charge on any atom is -0.378 e. The van der Waals surface area contributed by atoms with Gasteiger partial charge < -0.3 is 15.4 Å². The third-order valence-corrected chi connectivity index (χ3v) is 5.41. The van der Waals surface area contributed by atoms with Crippen LogP contribution in [-0.2, 0) is 11.3 Å². The van der Waals surface area contributed by atoms with Crippen molar-refractivity contribution in [3.63, 3.8) is 0 Å². The van der Waals surface area contributed by atoms with Crippen molar-refractivity contribution in [3.05, 3.63) is 18.5 Å². The number of nitrogens with zero attached hydrogens (tertiary/aromatic N) is 2. The Bertz CT molecular complexity index is 513. The number of rotatable bonds is 7. The van der Waals surface area contributed by atoms with E-state index in [1.807, 2.05) is 23.9 Å². The summed E-state index contributed by atoms with van der Waals surface area (Å²) in [4.78, 5) is 12.2. The van der Waals surface area contributed by atoms with Gasteiger partial charge in [0, 0.05) is 43.5 Å². The number of ether oxygens (including phenoxy) is 1. The standard InChI is InChI=1S/C17H28N4O2/c1-3-23-15-10-14(17(15)6-4-7-17)20-16(22)18-11-13(2)12-21-9-5-8-19-21/h5,8-9,13-15H,3-4,6-7,10-12H2,1-2H3,(H2,18,20,22)/t13-,14+,15-/m1/s1. The van der Waals surface area contributed by atoms with Gasteiger partial charge in [0.15, 0.2) is 0 Å². The quantitative estimate of drug-likeness (QED) is 0.809. The second-order valence-electron chi connectivity index (χ2n) is 7.01. The Kier molecular flexibility index (Phi) is 4.90. The topological polar surface area (TPSA) is 68.2 Å². The second kappa shape index (κ2) is 6.91. The van der Waals surface area contributed by atoms with Crippen LogP contribution in [0, 0.1) is 11.3 Å². The van der Waals surface area contributed by atoms with Gasteiger partial charge in [-0.15, -0.1) is 0 Å². The average Bonchev–Trinajstić information content (AvgIpc) is 2.95. The molecule has 1 aromatic rings. The first kappa shape index (κ1) is 16.3. The van der Waals surface area contributed by atoms with E-state index in [-0.39, 0.29) is 17.5 Å². The highest BCUT2D eigenvalue weighted by Gasteiger charge is 2.59. The van der Waals surface area contributed by atoms with E-state index in [9.17, 15) is 4.79 Å². The third kappa shape index (κ3) is 3.37. The average molecular weight is 320 g/mol. The molecule has 2 aliphatic rings. The highest BCUT2D eigenvalue weighted by Crippen LogP contribution is 2.57. The Labute approximate surface area is 138 Å². The minimum absolute atomic E-state index is 0.0523. The summed E-state index contributed by atoms with van der Waals surface area (Å²) >= 11 is 0. The van der Waals surface area contributed by atoms with Crippen LogP contribution in [0.5, 0.6) is 0 Å². The van der Waals surface area contributed by atoms with Gasteiger partial charge in [-0.2, -0.15) is 5.10 Å². The number of aromatic nitrogens is 2. The van der Waals surface area contributed by atoms with Crippen molar-refractivity contribution >= 4 is 6.03 Å². The van der Waals surface area contributed by atoms with Gasteiger partial charge in [0.1, 0.15) is 0 Å². The normalized spacial score (nSPS) is 26.2. The summed E-state index contributed by atoms with van der Waals surface area (Å²) in [5.41, 5.74) is 0.216. The molecular weight excluding hydrogens is 292 g/mol. The monoisotopic (exact) mass is 320 g/mol. The molecule has 2 saturated carbocycles. The maximum Gasteiger partial charge on any atom is 0.315 e. The van der Waals surface area contributed by atoms with Crippen molar-refractivity contribution in [1.29, 1.82) is 0 Å². The van der Waals surface area contributed by atoms with Crippen molar-refractivity contribution in [2.75, 3.05) is 13.2 Å². The lowest BCUT2D eigenvalue weighted by Crippen LogP contribution is -2.68. The van der Waals surface area contributed by atoms with Gasteiger partial charge in [-0.3, -0.25) is 4.68 Å². The van der Waals surface area contributed by atoms with Crippen LogP contribution in [-0.4, -0.2) is 41.1 Å². The van der Waals surface area contributed by atoms with E-state index < -0.39 is 0 Å². The SMILES string of the molecule is CCO[C@@H]1C[C@H](NC(=O)NC[C@@H](C)Cn2cccn2)C12CCC2. The van der Waals surface area contributed by atoms with Gasteiger partial charge in [-0.05, 0) is 38.2 Å². The second-order valence-corrected chi connectivity index (χ2v) is 7.01. The highest BCUT2D eigenvalue weighted by atomic mass is 16.5. The van der Waals surface area contributed by atoms with Crippen molar-refractivity contribution in [1.82, 2.24) is 20.4 Å². The zero-order valence-corrected chi connectivity index (χ0v) is 14.1. The lowest BCUT2D eigenvalue weighted by atomic mass is 9.51. The van der Waals surface area contributed by atoms with Gasteiger partial charge in [-0.1, -0.05) is 13.3 Å². The van der Waals surface area contributed by atoms with E-state index in [1.54, 1.807) is 6.20 Å². The number of hydrogen-bond donors (Lipinski definition) is 2. The molecule has 2 fully saturated rings. The molecular formula is C17H28N4O2. The smallest absolute Gasteiger partial charge is 0.315 e. The van der Waals surface area contributed by atoms with Crippen LogP contribution in [0.1, 0.15) is 39.5 Å². The molecule has 2 amide bonds. The van der Waals surface area contributed by atoms with Gasteiger partial charge in [0.2, 0.25) is 0 Å². The fraction of sp³-hybridized carbons (Fsp3) is 0.765. The molecule has 2 aliphatic carbocycles. The molecule has 6 heteroatoms. The summed E-state index contributed by atoms with van der Waals surface area (Å²) in [7, 11) is 0. The Hall–Kier alpha value is -1.56. The van der Waals surface area contributed by atoms with Gasteiger partial charge in [0.05, 0.1) is 6.10 Å². The molecule has 1 aromatic heterocycles. The van der Waals surface area contributed by atoms with Crippen LogP contribution in [0.2, 0.25) is 0 Å². The highest BCUT2D eigenvalue weighted by molar-refractivity contribution is 5.74. The molecule has 0 bridgehead atoms. The minimum atomic E-state index is -0.0523. The Morgan fingerprint density at radius 2 is 2.35 bits per heavy atom. The van der Waals surface area contributed by atoms with Crippen LogP contribution in [0.4, 0.5) is 4.79 Å². The van der Waals surface area contributed by atoms with E-state index in [2.05, 4.69) is 22.7 Å². The molecule has 3 atom stereocenters. The predicted molar refractivity (Wildman–Crippen MR) is 88.0 cm³/mol. The number of urea groups is 1. The van der Waals surface area contributed by atoms with Gasteiger partial charge in [-0.25, -0.2) is 4.79 Å². The number of nitrogens with one attached hydrogen (secondary N) is 2. The summed E-state index contributed by atoms with van der Waals surface area (Å²) in [6.07, 6.45) is 8.62. The maximum absolute atomic E-state index is 12.2. The zero-order valence-electron chi connectivity index (χ0n) is 14.1. The van der Waals surface area contributed by atoms with E-state index in [0.717, 1.165) is 19.6 Å². The lowest BCUT2D eigenvalue weighted by molar-refractivity contribution is -0.169. The molecule has 0 aliphatic heterocycles. The molecule has 2 N–H and O–H groups in total. The van der Waals surface area contributed by atoms with Crippen LogP contribution >= 0.6 is 0 Å². The van der Waals surface area contributed by atoms with E-state index >= 15 is 0 Å². The first-order chi connectivity index (χ1) is 11.1. The molecule has 0 saturated heterocycles. The van der Waals surface area contributed by atoms with Crippen LogP contribution in [0.15, 0.2) is 18.5 Å². The zero-order chi connectivity index (χ0) is 16.3. The molecule has 0 radical (unpaired) electrons. The lowest BCUT2D eigenvalue weighted by Gasteiger charge is -2.60. The summed E-state index contributed by atoms with van der Waals surface area (Å²) in [5, 5.41) is 10.3. The fourth-order valence-corrected chi connectivity index (χ4v) is 3.91. The van der Waals surface area contributed by atoms with E-state index in [4.69, 9.17) is 4.74 Å². The van der Waals surface area contributed by atoms with Crippen molar-refractivity contribution < 1.29 is 9.53 Å². The van der Waals surface area contributed by atoms with Gasteiger partial charge >= 0.3 is 6.03 Å². The third-order valence-electron chi connectivity index (χ3n) is 5.41. The van der Waals surface area contributed by atoms with Crippen LogP contribution in [0.25, 0.3) is 0 Å². The summed E-state index contributed by atoms with van der Waals surface area (Å²) < 4.78 is 7.72. The summed E-state index contributed by atoms with van der Waals surface area (Å²) in [6, 6.07) is 2.13. The predicted octanol–water partition coefficient (Wildman–Crippen LogP) is 2.17. The van der Waals surface area contributed by atoms with Crippen LogP contribution in [0.3, 0.4) is 0 Å². The Morgan fingerprint density at radius 1 is 1.52 bits per heavy atom. The molecule has 0 unspecified atom stereocenters. The molecule has 23 heavy (non-hydrogen) atoms. The number of amides is 2. The van der Waals surface area contributed by atoms with Crippen molar-refractivity contribution in [2.24, 2.45) is 11.3 Å². The van der Waals surface area contributed by atoms with Crippen molar-refractivity contribution in [3.8, 4) is 0 Å². The largest absolute Gasteiger partial charge is 0.378 e. The van der Waals surface area contributed by atoms with Gasteiger partial charge in [0.25, 0.3) is 0 Å². The number of carbonyl (C=O) groups is 1.